The van der Waals surface area contributed by atoms with E-state index in [4.69, 9.17) is 0 Å². The molecule has 0 atom stereocenters. The number of ketones is 1. The van der Waals surface area contributed by atoms with Gasteiger partial charge in [0.25, 0.3) is 5.91 Å². The molecule has 0 aromatic carbocycles. The number of aromatic nitrogens is 2. The number of rotatable bonds is 1. The first-order chi connectivity index (χ1) is 8.08. The lowest BCUT2D eigenvalue weighted by Crippen LogP contribution is -2.39. The van der Waals surface area contributed by atoms with Crippen LogP contribution in [0.25, 0.3) is 0 Å². The second-order valence-corrected chi connectivity index (χ2v) is 4.32. The molecular formula is C12H15N3O2. The molecule has 1 amide bonds. The van der Waals surface area contributed by atoms with Crippen molar-refractivity contribution in [3.05, 3.63) is 23.0 Å². The Balaban J connectivity index is 2.19. The van der Waals surface area contributed by atoms with Gasteiger partial charge in [0, 0.05) is 25.9 Å². The van der Waals surface area contributed by atoms with Gasteiger partial charge in [-0.3, -0.25) is 9.59 Å². The van der Waals surface area contributed by atoms with Crippen molar-refractivity contribution >= 4 is 11.7 Å². The van der Waals surface area contributed by atoms with Crippen molar-refractivity contribution in [1.29, 1.82) is 0 Å². The second kappa shape index (κ2) is 4.61. The minimum absolute atomic E-state index is 0.0481. The molecule has 1 aromatic rings. The van der Waals surface area contributed by atoms with Crippen LogP contribution in [0.5, 0.6) is 0 Å². The Bertz CT molecular complexity index is 461. The van der Waals surface area contributed by atoms with Crippen LogP contribution in [-0.2, 0) is 4.79 Å². The summed E-state index contributed by atoms with van der Waals surface area (Å²) in [5.41, 5.74) is 1.95. The minimum Gasteiger partial charge on any atom is -0.338 e. The molecule has 0 aliphatic carbocycles. The topological polar surface area (TPSA) is 63.2 Å². The first-order valence-electron chi connectivity index (χ1n) is 5.70. The third kappa shape index (κ3) is 2.49. The van der Waals surface area contributed by atoms with Crippen molar-refractivity contribution in [3.8, 4) is 0 Å². The van der Waals surface area contributed by atoms with E-state index >= 15 is 0 Å². The number of carbonyl (C=O) groups excluding carboxylic acids is 2. The summed E-state index contributed by atoms with van der Waals surface area (Å²) in [7, 11) is 0. The fraction of sp³-hybridized carbons (Fsp3) is 0.500. The average molecular weight is 233 g/mol. The number of hydrogen-bond acceptors (Lipinski definition) is 4. The van der Waals surface area contributed by atoms with Crippen molar-refractivity contribution in [2.24, 2.45) is 0 Å². The summed E-state index contributed by atoms with van der Waals surface area (Å²) in [6.45, 7) is 4.61. The highest BCUT2D eigenvalue weighted by Gasteiger charge is 2.23. The molecule has 2 heterocycles. The predicted octanol–water partition coefficient (Wildman–Crippen LogP) is 0.899. The highest BCUT2D eigenvalue weighted by molar-refractivity contribution is 5.96. The molecule has 0 radical (unpaired) electrons. The van der Waals surface area contributed by atoms with Crippen LogP contribution in [0.4, 0.5) is 0 Å². The molecule has 0 bridgehead atoms. The molecule has 0 spiro atoms. The van der Waals surface area contributed by atoms with Crippen molar-refractivity contribution in [2.45, 2.75) is 26.7 Å². The van der Waals surface area contributed by atoms with Gasteiger partial charge < -0.3 is 4.90 Å². The Morgan fingerprint density at radius 3 is 2.53 bits per heavy atom. The molecule has 1 aromatic heterocycles. The zero-order valence-electron chi connectivity index (χ0n) is 10.1. The first kappa shape index (κ1) is 11.7. The number of hydrogen-bond donors (Lipinski definition) is 0. The summed E-state index contributed by atoms with van der Waals surface area (Å²) >= 11 is 0. The van der Waals surface area contributed by atoms with Crippen LogP contribution < -0.4 is 0 Å². The van der Waals surface area contributed by atoms with Gasteiger partial charge in [-0.05, 0) is 19.9 Å². The molecule has 2 rings (SSSR count). The quantitative estimate of drug-likeness (QED) is 0.723. The number of aryl methyl sites for hydroxylation is 2. The monoisotopic (exact) mass is 233 g/mol. The van der Waals surface area contributed by atoms with Gasteiger partial charge in [-0.25, -0.2) is 0 Å². The van der Waals surface area contributed by atoms with Gasteiger partial charge in [0.2, 0.25) is 0 Å². The van der Waals surface area contributed by atoms with E-state index < -0.39 is 0 Å². The van der Waals surface area contributed by atoms with Crippen LogP contribution in [0.15, 0.2) is 6.07 Å². The van der Waals surface area contributed by atoms with Crippen LogP contribution in [-0.4, -0.2) is 39.9 Å². The maximum Gasteiger partial charge on any atom is 0.255 e. The Kier molecular flexibility index (Phi) is 3.17. The predicted molar refractivity (Wildman–Crippen MR) is 61.7 cm³/mol. The van der Waals surface area contributed by atoms with E-state index in [9.17, 15) is 9.59 Å². The number of piperidine rings is 1. The number of nitrogens with zero attached hydrogens (tertiary/aromatic N) is 3. The molecule has 5 heteroatoms. The minimum atomic E-state index is -0.0481. The fourth-order valence-corrected chi connectivity index (χ4v) is 1.90. The third-order valence-electron chi connectivity index (χ3n) is 2.94. The van der Waals surface area contributed by atoms with E-state index in [0.717, 1.165) is 5.69 Å². The van der Waals surface area contributed by atoms with Crippen molar-refractivity contribution < 1.29 is 9.59 Å². The Labute approximate surface area is 99.8 Å². The third-order valence-corrected chi connectivity index (χ3v) is 2.94. The number of likely N-dealkylation sites (tertiary alicyclic amines) is 1. The Morgan fingerprint density at radius 1 is 1.24 bits per heavy atom. The number of amides is 1. The van der Waals surface area contributed by atoms with Crippen LogP contribution in [0, 0.1) is 13.8 Å². The number of carbonyl (C=O) groups is 2. The van der Waals surface area contributed by atoms with Crippen LogP contribution in [0.1, 0.15) is 34.6 Å². The van der Waals surface area contributed by atoms with Gasteiger partial charge in [-0.15, -0.1) is 0 Å². The van der Waals surface area contributed by atoms with Gasteiger partial charge >= 0.3 is 0 Å². The van der Waals surface area contributed by atoms with E-state index in [-0.39, 0.29) is 11.7 Å². The summed E-state index contributed by atoms with van der Waals surface area (Å²) in [6, 6.07) is 1.75. The van der Waals surface area contributed by atoms with Crippen LogP contribution >= 0.6 is 0 Å². The number of Topliss-reactive ketones (excluding diaryl/α,β-unsaturated/α-hetero) is 1. The van der Waals surface area contributed by atoms with E-state index in [1.54, 1.807) is 17.9 Å². The molecule has 1 saturated heterocycles. The molecule has 90 valence electrons. The van der Waals surface area contributed by atoms with E-state index in [0.29, 0.717) is 37.2 Å². The molecule has 5 nitrogen and oxygen atoms in total. The molecular weight excluding hydrogens is 218 g/mol. The molecule has 1 fully saturated rings. The fourth-order valence-electron chi connectivity index (χ4n) is 1.90. The Hall–Kier alpha value is -1.78. The summed E-state index contributed by atoms with van der Waals surface area (Å²) in [6.07, 6.45) is 0.921. The van der Waals surface area contributed by atoms with E-state index in [1.807, 2.05) is 6.92 Å². The SMILES string of the molecule is Cc1cc(C(=O)N2CCC(=O)CC2)c(C)nn1. The average Bonchev–Trinajstić information content (AvgIpc) is 2.32. The van der Waals surface area contributed by atoms with Crippen LogP contribution in [0.3, 0.4) is 0 Å². The normalized spacial score (nSPS) is 16.1. The van der Waals surface area contributed by atoms with Crippen molar-refractivity contribution in [3.63, 3.8) is 0 Å². The van der Waals surface area contributed by atoms with Gasteiger partial charge in [0.1, 0.15) is 5.78 Å². The second-order valence-electron chi connectivity index (χ2n) is 4.32. The van der Waals surface area contributed by atoms with Crippen molar-refractivity contribution in [2.75, 3.05) is 13.1 Å². The maximum atomic E-state index is 12.2. The molecule has 1 aliphatic rings. The summed E-state index contributed by atoms with van der Waals surface area (Å²) in [4.78, 5) is 25.1. The standard InChI is InChI=1S/C12H15N3O2/c1-8-7-11(9(2)14-13-8)12(17)15-5-3-10(16)4-6-15/h7H,3-6H2,1-2H3. The molecule has 1 aliphatic heterocycles. The maximum absolute atomic E-state index is 12.2. The van der Waals surface area contributed by atoms with E-state index in [1.165, 1.54) is 0 Å². The van der Waals surface area contributed by atoms with Gasteiger partial charge in [0.15, 0.2) is 0 Å². The smallest absolute Gasteiger partial charge is 0.255 e. The molecule has 0 N–H and O–H groups in total. The zero-order valence-corrected chi connectivity index (χ0v) is 10.1. The lowest BCUT2D eigenvalue weighted by molar-refractivity contribution is -0.120. The van der Waals surface area contributed by atoms with Gasteiger partial charge in [0.05, 0.1) is 17.0 Å². The van der Waals surface area contributed by atoms with Crippen LogP contribution in [0.2, 0.25) is 0 Å². The lowest BCUT2D eigenvalue weighted by atomic mass is 10.1. The molecule has 17 heavy (non-hydrogen) atoms. The largest absolute Gasteiger partial charge is 0.338 e. The molecule has 0 saturated carbocycles. The zero-order chi connectivity index (χ0) is 12.4. The van der Waals surface area contributed by atoms with E-state index in [2.05, 4.69) is 10.2 Å². The highest BCUT2D eigenvalue weighted by Crippen LogP contribution is 2.13. The summed E-state index contributed by atoms with van der Waals surface area (Å²) in [5.74, 6) is 0.183. The Morgan fingerprint density at radius 2 is 1.88 bits per heavy atom. The summed E-state index contributed by atoms with van der Waals surface area (Å²) in [5, 5.41) is 7.85. The molecule has 0 unspecified atom stereocenters. The summed E-state index contributed by atoms with van der Waals surface area (Å²) < 4.78 is 0. The van der Waals surface area contributed by atoms with Gasteiger partial charge in [-0.1, -0.05) is 0 Å². The van der Waals surface area contributed by atoms with Gasteiger partial charge in [-0.2, -0.15) is 10.2 Å². The first-order valence-corrected chi connectivity index (χ1v) is 5.70. The van der Waals surface area contributed by atoms with Crippen molar-refractivity contribution in [1.82, 2.24) is 15.1 Å². The highest BCUT2D eigenvalue weighted by atomic mass is 16.2. The lowest BCUT2D eigenvalue weighted by Gasteiger charge is -2.26.